The average molecular weight is 335 g/mol. The molecule has 0 saturated heterocycles. The van der Waals surface area contributed by atoms with Crippen molar-refractivity contribution < 1.29 is 27.8 Å². The maximum atomic E-state index is 13.1. The third-order valence-electron chi connectivity index (χ3n) is 3.17. The summed E-state index contributed by atoms with van der Waals surface area (Å²) in [5, 5.41) is 2.56. The number of halogens is 2. The van der Waals surface area contributed by atoms with E-state index in [0.717, 1.165) is 12.1 Å². The number of carbonyl (C=O) groups excluding carboxylic acids is 2. The van der Waals surface area contributed by atoms with Gasteiger partial charge in [-0.3, -0.25) is 4.79 Å². The number of benzene rings is 2. The van der Waals surface area contributed by atoms with Crippen LogP contribution in [0.15, 0.2) is 42.5 Å². The maximum Gasteiger partial charge on any atom is 0.339 e. The average Bonchev–Trinajstić information content (AvgIpc) is 2.57. The lowest BCUT2D eigenvalue weighted by molar-refractivity contribution is -0.123. The molecule has 0 aliphatic rings. The van der Waals surface area contributed by atoms with Crippen LogP contribution in [0.4, 0.5) is 14.5 Å². The molecule has 1 atom stereocenters. The van der Waals surface area contributed by atoms with Crippen LogP contribution in [0.5, 0.6) is 5.75 Å². The van der Waals surface area contributed by atoms with Gasteiger partial charge in [0.25, 0.3) is 5.91 Å². The Kier molecular flexibility index (Phi) is 5.47. The molecule has 1 amide bonds. The summed E-state index contributed by atoms with van der Waals surface area (Å²) in [6.45, 7) is 1.36. The molecule has 2 aromatic carbocycles. The molecule has 0 bridgehead atoms. The van der Waals surface area contributed by atoms with E-state index < -0.39 is 29.6 Å². The normalized spacial score (nSPS) is 11.5. The Hall–Kier alpha value is -2.96. The molecular formula is C17H15F2NO4. The minimum absolute atomic E-state index is 0.189. The topological polar surface area (TPSA) is 64.6 Å². The molecule has 126 valence electrons. The Morgan fingerprint density at radius 2 is 1.79 bits per heavy atom. The van der Waals surface area contributed by atoms with Crippen molar-refractivity contribution in [3.8, 4) is 5.75 Å². The van der Waals surface area contributed by atoms with E-state index in [0.29, 0.717) is 17.5 Å². The van der Waals surface area contributed by atoms with Crippen LogP contribution in [0.1, 0.15) is 17.3 Å². The van der Waals surface area contributed by atoms with Gasteiger partial charge in [0, 0.05) is 0 Å². The zero-order valence-corrected chi connectivity index (χ0v) is 13.0. The molecule has 0 saturated carbocycles. The van der Waals surface area contributed by atoms with Gasteiger partial charge in [0.05, 0.1) is 18.4 Å². The second-order valence-corrected chi connectivity index (χ2v) is 4.87. The van der Waals surface area contributed by atoms with E-state index in [1.165, 1.54) is 14.0 Å². The van der Waals surface area contributed by atoms with E-state index in [1.54, 1.807) is 24.3 Å². The third kappa shape index (κ3) is 4.07. The van der Waals surface area contributed by atoms with Gasteiger partial charge >= 0.3 is 5.97 Å². The number of hydrogen-bond donors (Lipinski definition) is 1. The quantitative estimate of drug-likeness (QED) is 0.853. The first kappa shape index (κ1) is 17.4. The molecule has 0 heterocycles. The number of carbonyl (C=O) groups is 2. The van der Waals surface area contributed by atoms with Gasteiger partial charge in [0.15, 0.2) is 17.7 Å². The Balaban J connectivity index is 2.03. The molecule has 0 fully saturated rings. The van der Waals surface area contributed by atoms with Crippen LogP contribution in [0.25, 0.3) is 0 Å². The molecule has 7 heteroatoms. The van der Waals surface area contributed by atoms with E-state index in [4.69, 9.17) is 9.47 Å². The summed E-state index contributed by atoms with van der Waals surface area (Å²) in [5.41, 5.74) is 0.228. The molecule has 2 rings (SSSR count). The molecule has 0 aromatic heterocycles. The minimum atomic E-state index is -1.17. The van der Waals surface area contributed by atoms with E-state index in [1.807, 2.05) is 0 Å². The van der Waals surface area contributed by atoms with Crippen molar-refractivity contribution in [1.29, 1.82) is 0 Å². The number of hydrogen-bond acceptors (Lipinski definition) is 4. The number of esters is 1. The fourth-order valence-electron chi connectivity index (χ4n) is 1.89. The highest BCUT2D eigenvalue weighted by atomic mass is 19.2. The number of amides is 1. The van der Waals surface area contributed by atoms with Crippen LogP contribution >= 0.6 is 0 Å². The highest BCUT2D eigenvalue weighted by Crippen LogP contribution is 2.23. The van der Waals surface area contributed by atoms with E-state index >= 15 is 0 Å². The molecule has 5 nitrogen and oxygen atoms in total. The van der Waals surface area contributed by atoms with Crippen LogP contribution in [0.3, 0.4) is 0 Å². The van der Waals surface area contributed by atoms with Crippen molar-refractivity contribution in [3.05, 3.63) is 59.7 Å². The Morgan fingerprint density at radius 3 is 2.46 bits per heavy atom. The summed E-state index contributed by atoms with van der Waals surface area (Å²) in [6.07, 6.45) is -1.14. The zero-order chi connectivity index (χ0) is 17.7. The van der Waals surface area contributed by atoms with E-state index in [2.05, 4.69) is 5.32 Å². The molecular weight excluding hydrogens is 320 g/mol. The van der Waals surface area contributed by atoms with Crippen molar-refractivity contribution in [2.75, 3.05) is 12.4 Å². The SMILES string of the molecule is COc1ccccc1NC(=O)[C@H](C)OC(=O)c1ccc(F)c(F)c1. The van der Waals surface area contributed by atoms with Crippen molar-refractivity contribution in [2.45, 2.75) is 13.0 Å². The fourth-order valence-corrected chi connectivity index (χ4v) is 1.89. The molecule has 2 aromatic rings. The predicted octanol–water partition coefficient (Wildman–Crippen LogP) is 3.16. The smallest absolute Gasteiger partial charge is 0.339 e. The lowest BCUT2D eigenvalue weighted by atomic mass is 10.2. The Morgan fingerprint density at radius 1 is 1.08 bits per heavy atom. The first-order chi connectivity index (χ1) is 11.4. The lowest BCUT2D eigenvalue weighted by Crippen LogP contribution is -2.30. The molecule has 0 aliphatic carbocycles. The van der Waals surface area contributed by atoms with Crippen molar-refractivity contribution in [3.63, 3.8) is 0 Å². The first-order valence-corrected chi connectivity index (χ1v) is 7.02. The first-order valence-electron chi connectivity index (χ1n) is 7.02. The second-order valence-electron chi connectivity index (χ2n) is 4.87. The number of methoxy groups -OCH3 is 1. The third-order valence-corrected chi connectivity index (χ3v) is 3.17. The Labute approximate surface area is 137 Å². The Bertz CT molecular complexity index is 764. The van der Waals surface area contributed by atoms with Crippen molar-refractivity contribution in [1.82, 2.24) is 0 Å². The fraction of sp³-hybridized carbons (Fsp3) is 0.176. The van der Waals surface area contributed by atoms with E-state index in [9.17, 15) is 18.4 Å². The van der Waals surface area contributed by atoms with Gasteiger partial charge in [-0.05, 0) is 37.3 Å². The summed E-state index contributed by atoms with van der Waals surface area (Å²) in [7, 11) is 1.46. The largest absolute Gasteiger partial charge is 0.495 e. The van der Waals surface area contributed by atoms with Gasteiger partial charge in [-0.2, -0.15) is 0 Å². The number of ether oxygens (including phenoxy) is 2. The van der Waals surface area contributed by atoms with Gasteiger partial charge in [0.2, 0.25) is 0 Å². The molecule has 0 spiro atoms. The highest BCUT2D eigenvalue weighted by molar-refractivity contribution is 5.98. The number of para-hydroxylation sites is 2. The van der Waals surface area contributed by atoms with E-state index in [-0.39, 0.29) is 5.56 Å². The van der Waals surface area contributed by atoms with Crippen molar-refractivity contribution >= 4 is 17.6 Å². The monoisotopic (exact) mass is 335 g/mol. The molecule has 0 radical (unpaired) electrons. The molecule has 0 unspecified atom stereocenters. The van der Waals surface area contributed by atoms with Gasteiger partial charge in [-0.25, -0.2) is 13.6 Å². The lowest BCUT2D eigenvalue weighted by Gasteiger charge is -2.15. The van der Waals surface area contributed by atoms with Gasteiger partial charge < -0.3 is 14.8 Å². The van der Waals surface area contributed by atoms with Gasteiger partial charge in [-0.15, -0.1) is 0 Å². The predicted molar refractivity (Wildman–Crippen MR) is 82.9 cm³/mol. The summed E-state index contributed by atoms with van der Waals surface area (Å²) in [5.74, 6) is -3.32. The molecule has 1 N–H and O–H groups in total. The van der Waals surface area contributed by atoms with Crippen LogP contribution < -0.4 is 10.1 Å². The number of nitrogens with one attached hydrogen (secondary N) is 1. The number of anilines is 1. The van der Waals surface area contributed by atoms with Crippen LogP contribution in [0.2, 0.25) is 0 Å². The number of rotatable bonds is 5. The second kappa shape index (κ2) is 7.54. The van der Waals surface area contributed by atoms with Gasteiger partial charge in [-0.1, -0.05) is 12.1 Å². The highest BCUT2D eigenvalue weighted by Gasteiger charge is 2.20. The summed E-state index contributed by atoms with van der Waals surface area (Å²) in [4.78, 5) is 24.0. The summed E-state index contributed by atoms with van der Waals surface area (Å²) < 4.78 is 36.1. The minimum Gasteiger partial charge on any atom is -0.495 e. The molecule has 24 heavy (non-hydrogen) atoms. The van der Waals surface area contributed by atoms with Gasteiger partial charge in [0.1, 0.15) is 5.75 Å². The van der Waals surface area contributed by atoms with Crippen molar-refractivity contribution in [2.24, 2.45) is 0 Å². The van der Waals surface area contributed by atoms with Crippen LogP contribution in [-0.2, 0) is 9.53 Å². The summed E-state index contributed by atoms with van der Waals surface area (Å²) in [6, 6.07) is 9.32. The zero-order valence-electron chi connectivity index (χ0n) is 13.0. The molecule has 0 aliphatic heterocycles. The standard InChI is InChI=1S/C17H15F2NO4/c1-10(16(21)20-14-5-3-4-6-15(14)23-2)24-17(22)11-7-8-12(18)13(19)9-11/h3-10H,1-2H3,(H,20,21)/t10-/m0/s1. The maximum absolute atomic E-state index is 13.1. The van der Waals surface area contributed by atoms with Crippen LogP contribution in [-0.4, -0.2) is 25.1 Å². The van der Waals surface area contributed by atoms with Crippen LogP contribution in [0, 0.1) is 11.6 Å². The summed E-state index contributed by atoms with van der Waals surface area (Å²) >= 11 is 0.